The largest absolute Gasteiger partial charge is 0.497 e. The van der Waals surface area contributed by atoms with Crippen molar-refractivity contribution >= 4 is 17.6 Å². The molecule has 0 bridgehead atoms. The zero-order chi connectivity index (χ0) is 27.9. The molecule has 2 aromatic carbocycles. The highest BCUT2D eigenvalue weighted by atomic mass is 32.2. The van der Waals surface area contributed by atoms with Crippen LogP contribution in [0.15, 0.2) is 58.0 Å². The van der Waals surface area contributed by atoms with E-state index in [0.29, 0.717) is 45.0 Å². The standard InChI is InChI=1S/C28H25N5O5S/c1-16-24(32-27(38-16)18-5-7-20(36-2)8-6-18)15-39-28-23(12-30)25(22(11-29)26(31)33-28)17-3-9-21(10-4-17)37-14-19(35)13-34/h3-10,19,34-35H,13-15H2,1-2H3,(H2,31,33)/t19-/m1/s1. The number of hydrogen-bond donors (Lipinski definition) is 3. The number of nitrogens with zero attached hydrogens (tertiary/aromatic N) is 4. The number of nitriles is 2. The average molecular weight is 544 g/mol. The molecular weight excluding hydrogens is 518 g/mol. The molecule has 39 heavy (non-hydrogen) atoms. The van der Waals surface area contributed by atoms with E-state index < -0.39 is 12.7 Å². The molecular formula is C28H25N5O5S. The zero-order valence-corrected chi connectivity index (χ0v) is 22.0. The Hall–Kier alpha value is -4.55. The van der Waals surface area contributed by atoms with Crippen molar-refractivity contribution in [2.45, 2.75) is 23.8 Å². The molecule has 4 aromatic rings. The van der Waals surface area contributed by atoms with Gasteiger partial charge in [-0.05, 0) is 48.9 Å². The lowest BCUT2D eigenvalue weighted by Gasteiger charge is -2.14. The van der Waals surface area contributed by atoms with Gasteiger partial charge in [0.15, 0.2) is 0 Å². The molecule has 0 saturated carbocycles. The van der Waals surface area contributed by atoms with Crippen molar-refractivity contribution in [1.29, 1.82) is 10.5 Å². The number of oxazole rings is 1. The molecule has 0 aliphatic heterocycles. The minimum atomic E-state index is -1.000. The SMILES string of the molecule is COc1ccc(-c2nc(CSc3nc(N)c(C#N)c(-c4ccc(OC[C@H](O)CO)cc4)c3C#N)c(C)o2)cc1. The topological polar surface area (TPSA) is 171 Å². The first-order chi connectivity index (χ1) is 18.9. The van der Waals surface area contributed by atoms with Gasteiger partial charge in [0.05, 0.1) is 25.0 Å². The van der Waals surface area contributed by atoms with E-state index in [1.807, 2.05) is 31.2 Å². The van der Waals surface area contributed by atoms with Crippen LogP contribution in [0.3, 0.4) is 0 Å². The van der Waals surface area contributed by atoms with Gasteiger partial charge in [-0.15, -0.1) is 0 Å². The van der Waals surface area contributed by atoms with Crippen molar-refractivity contribution in [2.24, 2.45) is 0 Å². The van der Waals surface area contributed by atoms with E-state index >= 15 is 0 Å². The highest BCUT2D eigenvalue weighted by molar-refractivity contribution is 7.98. The maximum absolute atomic E-state index is 10.1. The summed E-state index contributed by atoms with van der Waals surface area (Å²) in [7, 11) is 1.60. The van der Waals surface area contributed by atoms with Crippen LogP contribution < -0.4 is 15.2 Å². The third-order valence-electron chi connectivity index (χ3n) is 5.79. The number of benzene rings is 2. The maximum Gasteiger partial charge on any atom is 0.226 e. The molecule has 10 nitrogen and oxygen atoms in total. The number of anilines is 1. The van der Waals surface area contributed by atoms with Crippen molar-refractivity contribution < 1.29 is 24.1 Å². The van der Waals surface area contributed by atoms with Gasteiger partial charge in [0.2, 0.25) is 5.89 Å². The second-order valence-electron chi connectivity index (χ2n) is 8.36. The van der Waals surface area contributed by atoms with Crippen LogP contribution in [-0.4, -0.2) is 46.6 Å². The van der Waals surface area contributed by atoms with E-state index in [1.165, 1.54) is 11.8 Å². The van der Waals surface area contributed by atoms with Gasteiger partial charge in [0.25, 0.3) is 0 Å². The molecule has 1 atom stereocenters. The Labute approximate surface area is 229 Å². The minimum absolute atomic E-state index is 0.0104. The van der Waals surface area contributed by atoms with E-state index in [2.05, 4.69) is 22.1 Å². The molecule has 2 heterocycles. The van der Waals surface area contributed by atoms with Gasteiger partial charge in [-0.25, -0.2) is 9.97 Å². The number of nitrogens with two attached hydrogens (primary N) is 1. The van der Waals surface area contributed by atoms with Crippen molar-refractivity contribution in [3.8, 4) is 46.2 Å². The summed E-state index contributed by atoms with van der Waals surface area (Å²) in [6.45, 7) is 1.33. The Morgan fingerprint density at radius 3 is 2.26 bits per heavy atom. The molecule has 4 rings (SSSR count). The van der Waals surface area contributed by atoms with Crippen molar-refractivity contribution in [3.63, 3.8) is 0 Å². The van der Waals surface area contributed by atoms with Crippen LogP contribution in [0.2, 0.25) is 0 Å². The number of aryl methyl sites for hydroxylation is 1. The van der Waals surface area contributed by atoms with Gasteiger partial charge in [0, 0.05) is 16.9 Å². The fourth-order valence-electron chi connectivity index (χ4n) is 3.71. The van der Waals surface area contributed by atoms with Gasteiger partial charge in [-0.1, -0.05) is 23.9 Å². The van der Waals surface area contributed by atoms with E-state index in [1.54, 1.807) is 31.4 Å². The monoisotopic (exact) mass is 543 g/mol. The minimum Gasteiger partial charge on any atom is -0.497 e. The van der Waals surface area contributed by atoms with Gasteiger partial charge in [-0.2, -0.15) is 10.5 Å². The number of methoxy groups -OCH3 is 1. The Bertz CT molecular complexity index is 1540. The normalized spacial score (nSPS) is 11.4. The predicted octanol–water partition coefficient (Wildman–Crippen LogP) is 4.07. The lowest BCUT2D eigenvalue weighted by Crippen LogP contribution is -2.21. The Kier molecular flexibility index (Phi) is 8.69. The second kappa shape index (κ2) is 12.3. The van der Waals surface area contributed by atoms with E-state index in [4.69, 9.17) is 24.7 Å². The van der Waals surface area contributed by atoms with Gasteiger partial charge in [0.1, 0.15) is 58.5 Å². The molecule has 0 unspecified atom stereocenters. The van der Waals surface area contributed by atoms with Crippen LogP contribution in [-0.2, 0) is 5.75 Å². The van der Waals surface area contributed by atoms with Crippen LogP contribution in [0.5, 0.6) is 11.5 Å². The maximum atomic E-state index is 10.1. The average Bonchev–Trinajstić information content (AvgIpc) is 3.34. The molecule has 0 saturated heterocycles. The number of aliphatic hydroxyl groups is 2. The number of pyridine rings is 1. The third kappa shape index (κ3) is 6.13. The van der Waals surface area contributed by atoms with Gasteiger partial charge in [-0.3, -0.25) is 0 Å². The van der Waals surface area contributed by atoms with E-state index in [0.717, 1.165) is 11.3 Å². The number of aromatic nitrogens is 2. The van der Waals surface area contributed by atoms with Crippen molar-refractivity contribution in [1.82, 2.24) is 9.97 Å². The molecule has 0 aliphatic carbocycles. The zero-order valence-electron chi connectivity index (χ0n) is 21.2. The Morgan fingerprint density at radius 1 is 1.00 bits per heavy atom. The fraction of sp³-hybridized carbons (Fsp3) is 0.214. The molecule has 0 spiro atoms. The summed E-state index contributed by atoms with van der Waals surface area (Å²) >= 11 is 1.27. The number of thioether (sulfide) groups is 1. The molecule has 0 amide bonds. The number of hydrogen-bond acceptors (Lipinski definition) is 11. The first-order valence-electron chi connectivity index (χ1n) is 11.8. The number of nitrogen functional groups attached to an aromatic ring is 1. The van der Waals surface area contributed by atoms with Crippen molar-refractivity contribution in [3.05, 3.63) is 71.1 Å². The summed E-state index contributed by atoms with van der Waals surface area (Å²) in [4.78, 5) is 8.97. The molecule has 11 heteroatoms. The van der Waals surface area contributed by atoms with Crippen LogP contribution in [0.1, 0.15) is 22.6 Å². The summed E-state index contributed by atoms with van der Waals surface area (Å²) in [5, 5.41) is 38.7. The number of aliphatic hydroxyl groups excluding tert-OH is 2. The summed E-state index contributed by atoms with van der Waals surface area (Å²) in [5.74, 6) is 2.65. The molecule has 0 fully saturated rings. The fourth-order valence-corrected chi connectivity index (χ4v) is 4.71. The highest BCUT2D eigenvalue weighted by Crippen LogP contribution is 2.37. The van der Waals surface area contributed by atoms with Crippen LogP contribution >= 0.6 is 11.8 Å². The lowest BCUT2D eigenvalue weighted by atomic mass is 9.97. The van der Waals surface area contributed by atoms with E-state index in [-0.39, 0.29) is 23.6 Å². The predicted molar refractivity (Wildman–Crippen MR) is 145 cm³/mol. The Balaban J connectivity index is 1.61. The summed E-state index contributed by atoms with van der Waals surface area (Å²) < 4.78 is 16.5. The smallest absolute Gasteiger partial charge is 0.226 e. The van der Waals surface area contributed by atoms with Crippen molar-refractivity contribution in [2.75, 3.05) is 26.1 Å². The van der Waals surface area contributed by atoms with Gasteiger partial charge >= 0.3 is 0 Å². The second-order valence-corrected chi connectivity index (χ2v) is 9.33. The molecule has 4 N–H and O–H groups in total. The van der Waals surface area contributed by atoms with E-state index in [9.17, 15) is 15.6 Å². The Morgan fingerprint density at radius 2 is 1.64 bits per heavy atom. The summed E-state index contributed by atoms with van der Waals surface area (Å²) in [6, 6.07) is 18.3. The molecule has 198 valence electrons. The van der Waals surface area contributed by atoms with Crippen LogP contribution in [0.4, 0.5) is 5.82 Å². The first-order valence-corrected chi connectivity index (χ1v) is 12.8. The molecule has 2 aromatic heterocycles. The first kappa shape index (κ1) is 27.5. The highest BCUT2D eigenvalue weighted by Gasteiger charge is 2.22. The number of ether oxygens (including phenoxy) is 2. The van der Waals surface area contributed by atoms with Crippen LogP contribution in [0, 0.1) is 29.6 Å². The van der Waals surface area contributed by atoms with Crippen LogP contribution in [0.25, 0.3) is 22.6 Å². The number of rotatable bonds is 10. The molecule has 0 aliphatic rings. The molecule has 0 radical (unpaired) electrons. The van der Waals surface area contributed by atoms with Gasteiger partial charge < -0.3 is 29.8 Å². The summed E-state index contributed by atoms with van der Waals surface area (Å²) in [6.07, 6.45) is -1.000. The quantitative estimate of drug-likeness (QED) is 0.246. The summed E-state index contributed by atoms with van der Waals surface area (Å²) in [5.41, 5.74) is 8.89. The third-order valence-corrected chi connectivity index (χ3v) is 6.77. The lowest BCUT2D eigenvalue weighted by molar-refractivity contribution is 0.0536.